The van der Waals surface area contributed by atoms with E-state index in [0.717, 1.165) is 16.9 Å². The maximum absolute atomic E-state index is 5.34. The maximum atomic E-state index is 5.34. The van der Waals surface area contributed by atoms with Crippen LogP contribution in [-0.2, 0) is 0 Å². The number of anilines is 1. The van der Waals surface area contributed by atoms with Crippen LogP contribution in [0.4, 0.5) is 6.01 Å². The highest BCUT2D eigenvalue weighted by Gasteiger charge is 2.14. The van der Waals surface area contributed by atoms with E-state index in [1.165, 1.54) is 0 Å². The van der Waals surface area contributed by atoms with E-state index < -0.39 is 0 Å². The van der Waals surface area contributed by atoms with Gasteiger partial charge in [0.1, 0.15) is 5.75 Å². The summed E-state index contributed by atoms with van der Waals surface area (Å²) in [5, 5.41) is 7.22. The summed E-state index contributed by atoms with van der Waals surface area (Å²) in [7, 11) is 4.84. The minimum atomic E-state index is -0.0617. The predicted molar refractivity (Wildman–Crippen MR) is 97.9 cm³/mol. The van der Waals surface area contributed by atoms with Crippen LogP contribution in [0.3, 0.4) is 0 Å². The van der Waals surface area contributed by atoms with Gasteiger partial charge in [-0.25, -0.2) is 0 Å². The molecule has 0 radical (unpaired) electrons. The highest BCUT2D eigenvalue weighted by molar-refractivity contribution is 5.58. The molecule has 7 nitrogen and oxygen atoms in total. The predicted octanol–water partition coefficient (Wildman–Crippen LogP) is 3.94. The largest absolute Gasteiger partial charge is 0.497 e. The van der Waals surface area contributed by atoms with Gasteiger partial charge in [0.2, 0.25) is 5.82 Å². The molecule has 1 atom stereocenters. The molecule has 1 N–H and O–H groups in total. The summed E-state index contributed by atoms with van der Waals surface area (Å²) < 4.78 is 21.1. The molecule has 0 fully saturated rings. The van der Waals surface area contributed by atoms with Gasteiger partial charge in [0.25, 0.3) is 0 Å². The number of hydrogen-bond acceptors (Lipinski definition) is 7. The van der Waals surface area contributed by atoms with Crippen molar-refractivity contribution in [1.82, 2.24) is 10.1 Å². The van der Waals surface area contributed by atoms with Crippen molar-refractivity contribution in [3.05, 3.63) is 48.0 Å². The van der Waals surface area contributed by atoms with Gasteiger partial charge in [0.15, 0.2) is 11.5 Å². The van der Waals surface area contributed by atoms with E-state index in [1.807, 2.05) is 49.4 Å². The molecule has 0 spiro atoms. The molecule has 0 aliphatic carbocycles. The molecule has 7 heteroatoms. The van der Waals surface area contributed by atoms with Crippen molar-refractivity contribution in [2.75, 3.05) is 26.6 Å². The number of aromatic nitrogens is 2. The first-order valence-corrected chi connectivity index (χ1v) is 8.11. The monoisotopic (exact) mass is 355 g/mol. The first-order chi connectivity index (χ1) is 12.6. The Morgan fingerprint density at radius 3 is 2.50 bits per heavy atom. The van der Waals surface area contributed by atoms with E-state index in [-0.39, 0.29) is 6.04 Å². The molecule has 0 aliphatic heterocycles. The summed E-state index contributed by atoms with van der Waals surface area (Å²) in [4.78, 5) is 4.40. The first kappa shape index (κ1) is 17.6. The van der Waals surface area contributed by atoms with Crippen LogP contribution in [0.1, 0.15) is 18.5 Å². The van der Waals surface area contributed by atoms with E-state index in [0.29, 0.717) is 23.3 Å². The van der Waals surface area contributed by atoms with Crippen molar-refractivity contribution in [2.24, 2.45) is 0 Å². The van der Waals surface area contributed by atoms with Crippen molar-refractivity contribution in [3.63, 3.8) is 0 Å². The third-order valence-electron chi connectivity index (χ3n) is 4.00. The van der Waals surface area contributed by atoms with Crippen LogP contribution in [0.15, 0.2) is 47.0 Å². The van der Waals surface area contributed by atoms with Crippen molar-refractivity contribution < 1.29 is 18.7 Å². The van der Waals surface area contributed by atoms with E-state index in [4.69, 9.17) is 18.7 Å². The standard InChI is InChI=1S/C19H21N3O4/c1-12(13-8-9-16(24-3)17(11-13)25-4)20-19-21-18(22-26-19)14-6-5-7-15(10-14)23-2/h5-12H,1-4H3,(H,20,21,22). The van der Waals surface area contributed by atoms with Crippen LogP contribution >= 0.6 is 0 Å². The van der Waals surface area contributed by atoms with Crippen molar-refractivity contribution in [2.45, 2.75) is 13.0 Å². The number of benzene rings is 2. The lowest BCUT2D eigenvalue weighted by Crippen LogP contribution is -2.07. The highest BCUT2D eigenvalue weighted by atomic mass is 16.5. The zero-order valence-corrected chi connectivity index (χ0v) is 15.1. The van der Waals surface area contributed by atoms with Gasteiger partial charge in [0.05, 0.1) is 27.4 Å². The number of nitrogens with one attached hydrogen (secondary N) is 1. The van der Waals surface area contributed by atoms with Crippen LogP contribution in [-0.4, -0.2) is 31.5 Å². The molecule has 136 valence electrons. The lowest BCUT2D eigenvalue weighted by Gasteiger charge is -2.15. The van der Waals surface area contributed by atoms with Crippen LogP contribution in [0, 0.1) is 0 Å². The summed E-state index contributed by atoms with van der Waals surface area (Å²) in [6, 6.07) is 13.5. The molecule has 1 aromatic heterocycles. The number of hydrogen-bond donors (Lipinski definition) is 1. The Kier molecular flexibility index (Phi) is 5.26. The van der Waals surface area contributed by atoms with Gasteiger partial charge >= 0.3 is 6.01 Å². The fourth-order valence-corrected chi connectivity index (χ4v) is 2.55. The SMILES string of the molecule is COc1cccc(-c2noc(NC(C)c3ccc(OC)c(OC)c3)n2)c1. The molecule has 0 bridgehead atoms. The Hall–Kier alpha value is -3.22. The topological polar surface area (TPSA) is 78.6 Å². The molecule has 3 aromatic rings. The maximum Gasteiger partial charge on any atom is 0.322 e. The Morgan fingerprint density at radius 2 is 1.77 bits per heavy atom. The minimum Gasteiger partial charge on any atom is -0.497 e. The Balaban J connectivity index is 1.76. The fourth-order valence-electron chi connectivity index (χ4n) is 2.55. The lowest BCUT2D eigenvalue weighted by atomic mass is 10.1. The van der Waals surface area contributed by atoms with Crippen LogP contribution in [0.2, 0.25) is 0 Å². The van der Waals surface area contributed by atoms with Gasteiger partial charge in [-0.05, 0) is 36.8 Å². The van der Waals surface area contributed by atoms with E-state index in [2.05, 4.69) is 15.5 Å². The molecule has 2 aromatic carbocycles. The molecule has 0 saturated carbocycles. The fraction of sp³-hybridized carbons (Fsp3) is 0.263. The summed E-state index contributed by atoms with van der Waals surface area (Å²) in [6.07, 6.45) is 0. The van der Waals surface area contributed by atoms with Gasteiger partial charge in [-0.1, -0.05) is 23.4 Å². The normalized spacial score (nSPS) is 11.7. The molecule has 26 heavy (non-hydrogen) atoms. The van der Waals surface area contributed by atoms with Gasteiger partial charge in [-0.2, -0.15) is 4.98 Å². The van der Waals surface area contributed by atoms with E-state index >= 15 is 0 Å². The smallest absolute Gasteiger partial charge is 0.322 e. The molecular formula is C19H21N3O4. The second-order valence-electron chi connectivity index (χ2n) is 5.64. The minimum absolute atomic E-state index is 0.0617. The Bertz CT molecular complexity index is 879. The Labute approximate surface area is 151 Å². The van der Waals surface area contributed by atoms with E-state index in [1.54, 1.807) is 21.3 Å². The average molecular weight is 355 g/mol. The van der Waals surface area contributed by atoms with Gasteiger partial charge in [0, 0.05) is 5.56 Å². The van der Waals surface area contributed by atoms with Crippen molar-refractivity contribution in [3.8, 4) is 28.6 Å². The molecule has 0 saturated heterocycles. The summed E-state index contributed by atoms with van der Waals surface area (Å²) >= 11 is 0. The van der Waals surface area contributed by atoms with E-state index in [9.17, 15) is 0 Å². The molecule has 0 aliphatic rings. The Morgan fingerprint density at radius 1 is 0.962 bits per heavy atom. The van der Waals surface area contributed by atoms with Crippen LogP contribution in [0.25, 0.3) is 11.4 Å². The zero-order valence-electron chi connectivity index (χ0n) is 15.1. The number of nitrogens with zero attached hydrogens (tertiary/aromatic N) is 2. The van der Waals surface area contributed by atoms with Crippen LogP contribution < -0.4 is 19.5 Å². The quantitative estimate of drug-likeness (QED) is 0.688. The van der Waals surface area contributed by atoms with Gasteiger partial charge in [-0.3, -0.25) is 0 Å². The van der Waals surface area contributed by atoms with Gasteiger partial charge < -0.3 is 24.1 Å². The second-order valence-corrected chi connectivity index (χ2v) is 5.64. The molecule has 1 heterocycles. The summed E-state index contributed by atoms with van der Waals surface area (Å²) in [6.45, 7) is 2.00. The molecule has 0 amide bonds. The number of methoxy groups -OCH3 is 3. The van der Waals surface area contributed by atoms with Gasteiger partial charge in [-0.15, -0.1) is 0 Å². The molecular weight excluding hydrogens is 334 g/mol. The molecule has 1 unspecified atom stereocenters. The summed E-state index contributed by atoms with van der Waals surface area (Å²) in [5.41, 5.74) is 1.82. The zero-order chi connectivity index (χ0) is 18.5. The van der Waals surface area contributed by atoms with Crippen molar-refractivity contribution >= 4 is 6.01 Å². The first-order valence-electron chi connectivity index (χ1n) is 8.11. The third-order valence-corrected chi connectivity index (χ3v) is 4.00. The number of rotatable bonds is 7. The average Bonchev–Trinajstić information content (AvgIpc) is 3.15. The second kappa shape index (κ2) is 7.77. The number of ether oxygens (including phenoxy) is 3. The van der Waals surface area contributed by atoms with Crippen molar-refractivity contribution in [1.29, 1.82) is 0 Å². The summed E-state index contributed by atoms with van der Waals surface area (Å²) in [5.74, 6) is 2.58. The lowest BCUT2D eigenvalue weighted by molar-refractivity contribution is 0.354. The van der Waals surface area contributed by atoms with Crippen LogP contribution in [0.5, 0.6) is 17.2 Å². The molecule has 3 rings (SSSR count). The highest BCUT2D eigenvalue weighted by Crippen LogP contribution is 2.31. The third kappa shape index (κ3) is 3.72.